The Kier molecular flexibility index (Phi) is 7.49. The number of halogens is 1. The van der Waals surface area contributed by atoms with Gasteiger partial charge in [0.05, 0.1) is 12.2 Å². The van der Waals surface area contributed by atoms with Crippen molar-refractivity contribution >= 4 is 41.3 Å². The molecule has 0 amide bonds. The van der Waals surface area contributed by atoms with Crippen LogP contribution in [0.4, 0.5) is 0 Å². The monoisotopic (exact) mass is 472 g/mol. The van der Waals surface area contributed by atoms with E-state index in [1.54, 1.807) is 19.2 Å². The van der Waals surface area contributed by atoms with Crippen LogP contribution >= 0.6 is 35.3 Å². The van der Waals surface area contributed by atoms with Gasteiger partial charge in [-0.1, -0.05) is 12.1 Å². The third-order valence-electron chi connectivity index (χ3n) is 4.22. The number of aromatic nitrogens is 1. The normalized spacial score (nSPS) is 13.8. The number of thiazole rings is 1. The van der Waals surface area contributed by atoms with Crippen LogP contribution < -0.4 is 5.32 Å². The van der Waals surface area contributed by atoms with E-state index in [1.165, 1.54) is 29.8 Å². The van der Waals surface area contributed by atoms with Crippen molar-refractivity contribution in [2.24, 2.45) is 4.99 Å². The van der Waals surface area contributed by atoms with Crippen LogP contribution in [-0.2, 0) is 25.9 Å². The van der Waals surface area contributed by atoms with E-state index in [0.717, 1.165) is 29.5 Å². The molecule has 0 aliphatic heterocycles. The lowest BCUT2D eigenvalue weighted by molar-refractivity contribution is 0.472. The molecule has 3 rings (SSSR count). The van der Waals surface area contributed by atoms with Crippen LogP contribution in [0.15, 0.2) is 29.3 Å². The van der Waals surface area contributed by atoms with Gasteiger partial charge in [0.15, 0.2) is 5.96 Å². The van der Waals surface area contributed by atoms with E-state index in [-0.39, 0.29) is 29.7 Å². The van der Waals surface area contributed by atoms with E-state index in [2.05, 4.69) is 15.2 Å². The number of nitrogens with zero attached hydrogens (tertiary/aromatic N) is 3. The van der Waals surface area contributed by atoms with Gasteiger partial charge >= 0.3 is 0 Å². The number of phenols is 1. The van der Waals surface area contributed by atoms with E-state index in [0.29, 0.717) is 6.54 Å². The molecule has 7 heteroatoms. The molecule has 1 heterocycles. The molecule has 1 aromatic carbocycles. The number of rotatable bonds is 4. The number of aryl methyl sites for hydroxylation is 2. The van der Waals surface area contributed by atoms with Crippen LogP contribution in [0.5, 0.6) is 5.75 Å². The number of hydrogen-bond donors (Lipinski definition) is 2. The number of phenolic OH excluding ortho intramolecular Hbond substituents is 1. The summed E-state index contributed by atoms with van der Waals surface area (Å²) in [5.41, 5.74) is 2.41. The molecule has 5 nitrogen and oxygen atoms in total. The average Bonchev–Trinajstić information content (AvgIpc) is 2.99. The van der Waals surface area contributed by atoms with E-state index in [4.69, 9.17) is 4.98 Å². The molecular weight excluding hydrogens is 447 g/mol. The van der Waals surface area contributed by atoms with Crippen molar-refractivity contribution < 1.29 is 5.11 Å². The lowest BCUT2D eigenvalue weighted by atomic mass is 10.0. The van der Waals surface area contributed by atoms with Gasteiger partial charge in [0, 0.05) is 25.5 Å². The second-order valence-corrected chi connectivity index (χ2v) is 7.28. The smallest absolute Gasteiger partial charge is 0.194 e. The minimum absolute atomic E-state index is 0. The number of benzene rings is 1. The molecule has 2 N–H and O–H groups in total. The standard InChI is InChI=1S/C18H24N4OS.HI/c1-19-18(20-11-13-7-9-14(23)10-8-13)22(2)12-17-21-15-5-3-4-6-16(15)24-17;/h7-10,23H,3-6,11-12H2,1-2H3,(H,19,20);1H. The molecule has 0 saturated carbocycles. The van der Waals surface area contributed by atoms with Crippen LogP contribution in [0.2, 0.25) is 0 Å². The minimum Gasteiger partial charge on any atom is -0.508 e. The number of guanidine groups is 1. The molecule has 1 aliphatic rings. The highest BCUT2D eigenvalue weighted by Crippen LogP contribution is 2.27. The van der Waals surface area contributed by atoms with Gasteiger partial charge in [-0.05, 0) is 43.4 Å². The molecule has 1 aromatic heterocycles. The van der Waals surface area contributed by atoms with Crippen molar-refractivity contribution in [3.8, 4) is 5.75 Å². The lowest BCUT2D eigenvalue weighted by Gasteiger charge is -2.21. The summed E-state index contributed by atoms with van der Waals surface area (Å²) in [6, 6.07) is 7.21. The van der Waals surface area contributed by atoms with Crippen molar-refractivity contribution in [1.29, 1.82) is 0 Å². The molecule has 0 radical (unpaired) electrons. The zero-order valence-electron chi connectivity index (χ0n) is 14.7. The summed E-state index contributed by atoms with van der Waals surface area (Å²) >= 11 is 1.84. The summed E-state index contributed by atoms with van der Waals surface area (Å²) in [5, 5.41) is 13.9. The maximum atomic E-state index is 9.34. The first-order valence-corrected chi connectivity index (χ1v) is 9.14. The first kappa shape index (κ1) is 20.0. The van der Waals surface area contributed by atoms with Gasteiger partial charge in [0.25, 0.3) is 0 Å². The quantitative estimate of drug-likeness (QED) is 0.406. The topological polar surface area (TPSA) is 60.8 Å². The molecule has 1 aliphatic carbocycles. The molecule has 0 bridgehead atoms. The summed E-state index contributed by atoms with van der Waals surface area (Å²) in [6.07, 6.45) is 4.87. The minimum atomic E-state index is 0. The lowest BCUT2D eigenvalue weighted by Crippen LogP contribution is -2.38. The largest absolute Gasteiger partial charge is 0.508 e. The van der Waals surface area contributed by atoms with Crippen molar-refractivity contribution in [1.82, 2.24) is 15.2 Å². The number of aliphatic imine (C=N–C) groups is 1. The second kappa shape index (κ2) is 9.38. The summed E-state index contributed by atoms with van der Waals surface area (Å²) in [4.78, 5) is 12.7. The number of aromatic hydroxyl groups is 1. The first-order valence-electron chi connectivity index (χ1n) is 8.33. The molecular formula is C18H25IN4OS. The average molecular weight is 472 g/mol. The van der Waals surface area contributed by atoms with Gasteiger partial charge in [0.2, 0.25) is 0 Å². The highest BCUT2D eigenvalue weighted by atomic mass is 127. The van der Waals surface area contributed by atoms with Crippen LogP contribution in [0.25, 0.3) is 0 Å². The second-order valence-electron chi connectivity index (χ2n) is 6.11. The van der Waals surface area contributed by atoms with Crippen molar-refractivity contribution in [3.05, 3.63) is 45.4 Å². The molecule has 0 saturated heterocycles. The van der Waals surface area contributed by atoms with E-state index < -0.39 is 0 Å². The van der Waals surface area contributed by atoms with Gasteiger partial charge in [-0.2, -0.15) is 0 Å². The third-order valence-corrected chi connectivity index (χ3v) is 5.36. The molecule has 0 atom stereocenters. The predicted molar refractivity (Wildman–Crippen MR) is 114 cm³/mol. The number of hydrogen-bond acceptors (Lipinski definition) is 4. The highest BCUT2D eigenvalue weighted by molar-refractivity contribution is 14.0. The Morgan fingerprint density at radius 1 is 1.28 bits per heavy atom. The van der Waals surface area contributed by atoms with Crippen LogP contribution in [0.3, 0.4) is 0 Å². The third kappa shape index (κ3) is 5.31. The molecule has 2 aromatic rings. The predicted octanol–water partition coefficient (Wildman–Crippen LogP) is 3.55. The number of fused-ring (bicyclic) bond motifs is 1. The Labute approximate surface area is 170 Å². The van der Waals surface area contributed by atoms with Crippen molar-refractivity contribution in [2.75, 3.05) is 14.1 Å². The van der Waals surface area contributed by atoms with Gasteiger partial charge in [-0.3, -0.25) is 4.99 Å². The van der Waals surface area contributed by atoms with Gasteiger partial charge in [0.1, 0.15) is 10.8 Å². The van der Waals surface area contributed by atoms with Crippen LogP contribution in [-0.4, -0.2) is 35.0 Å². The van der Waals surface area contributed by atoms with E-state index in [9.17, 15) is 5.11 Å². The van der Waals surface area contributed by atoms with Crippen molar-refractivity contribution in [3.63, 3.8) is 0 Å². The fourth-order valence-electron chi connectivity index (χ4n) is 2.93. The van der Waals surface area contributed by atoms with E-state index in [1.807, 2.05) is 30.5 Å². The van der Waals surface area contributed by atoms with Crippen LogP contribution in [0, 0.1) is 0 Å². The highest BCUT2D eigenvalue weighted by Gasteiger charge is 2.16. The zero-order chi connectivity index (χ0) is 16.9. The SMILES string of the molecule is CN=C(NCc1ccc(O)cc1)N(C)Cc1nc2c(s1)CCCC2.I. The summed E-state index contributed by atoms with van der Waals surface area (Å²) in [6.45, 7) is 1.44. The Hall–Kier alpha value is -1.35. The maximum absolute atomic E-state index is 9.34. The number of nitrogens with one attached hydrogen (secondary N) is 1. The fraction of sp³-hybridized carbons (Fsp3) is 0.444. The summed E-state index contributed by atoms with van der Waals surface area (Å²) < 4.78 is 0. The fourth-order valence-corrected chi connectivity index (χ4v) is 4.14. The van der Waals surface area contributed by atoms with E-state index >= 15 is 0 Å². The Morgan fingerprint density at radius 2 is 2.00 bits per heavy atom. The van der Waals surface area contributed by atoms with Crippen LogP contribution in [0.1, 0.15) is 34.0 Å². The van der Waals surface area contributed by atoms with Gasteiger partial charge in [-0.25, -0.2) is 4.98 Å². The summed E-state index contributed by atoms with van der Waals surface area (Å²) in [7, 11) is 3.83. The Morgan fingerprint density at radius 3 is 2.68 bits per heavy atom. The zero-order valence-corrected chi connectivity index (χ0v) is 17.8. The molecule has 0 unspecified atom stereocenters. The summed E-state index contributed by atoms with van der Waals surface area (Å²) in [5.74, 6) is 1.13. The molecule has 136 valence electrons. The molecule has 0 spiro atoms. The molecule has 25 heavy (non-hydrogen) atoms. The Balaban J connectivity index is 0.00000225. The molecule has 0 fully saturated rings. The van der Waals surface area contributed by atoms with Gasteiger partial charge < -0.3 is 15.3 Å². The first-order chi connectivity index (χ1) is 11.7. The van der Waals surface area contributed by atoms with Crippen molar-refractivity contribution in [2.45, 2.75) is 38.8 Å². The maximum Gasteiger partial charge on any atom is 0.194 e. The Bertz CT molecular complexity index is 691. The van der Waals surface area contributed by atoms with Gasteiger partial charge in [-0.15, -0.1) is 35.3 Å².